The first kappa shape index (κ1) is 7.84. The molecule has 0 aliphatic heterocycles. The highest BCUT2D eigenvalue weighted by molar-refractivity contribution is 4.40. The Morgan fingerprint density at radius 3 is 2.12 bits per heavy atom. The minimum Gasteiger partial charge on any atom is -0.394 e. The average Bonchev–Trinajstić information content (AvgIpc) is 1.65. The second kappa shape index (κ2) is 3.80. The summed E-state index contributed by atoms with van der Waals surface area (Å²) in [6.07, 6.45) is -0.519. The summed E-state index contributed by atoms with van der Waals surface area (Å²) in [6.45, 7) is -0.464. The summed E-state index contributed by atoms with van der Waals surface area (Å²) >= 11 is 0. The molecule has 1 atom stereocenters. The average molecular weight is 122 g/mol. The number of aliphatic hydroxyl groups excluding tert-OH is 2. The molecule has 1 unspecified atom stereocenters. The molecule has 4 heteroatoms. The van der Waals surface area contributed by atoms with Gasteiger partial charge in [-0.25, -0.2) is 0 Å². The van der Waals surface area contributed by atoms with Gasteiger partial charge in [0.2, 0.25) is 0 Å². The lowest BCUT2D eigenvalue weighted by Crippen LogP contribution is -2.21. The Morgan fingerprint density at radius 2 is 2.00 bits per heavy atom. The van der Waals surface area contributed by atoms with E-state index in [1.807, 2.05) is 0 Å². The Kier molecular flexibility index (Phi) is 3.72. The minimum atomic E-state index is -1.78. The van der Waals surface area contributed by atoms with Crippen LogP contribution in [0.1, 0.15) is 6.92 Å². The Balaban J connectivity index is 3.10. The molecule has 0 bridgehead atoms. The fourth-order valence-corrected chi connectivity index (χ4v) is 0.251. The van der Waals surface area contributed by atoms with Crippen LogP contribution < -0.4 is 0 Å². The van der Waals surface area contributed by atoms with Crippen LogP contribution in [0.3, 0.4) is 0 Å². The summed E-state index contributed by atoms with van der Waals surface area (Å²) in [5.74, 6) is 0. The summed E-state index contributed by atoms with van der Waals surface area (Å²) in [5.41, 5.74) is 0. The Bertz CT molecular complexity index is 54.0. The van der Waals surface area contributed by atoms with E-state index in [0.717, 1.165) is 0 Å². The maximum atomic E-state index is 8.24. The van der Waals surface area contributed by atoms with E-state index in [9.17, 15) is 0 Å². The number of hydrogen-bond acceptors (Lipinski definition) is 4. The first-order valence-corrected chi connectivity index (χ1v) is 2.29. The van der Waals surface area contributed by atoms with Crippen molar-refractivity contribution in [3.63, 3.8) is 0 Å². The Hall–Kier alpha value is -0.160. The van der Waals surface area contributed by atoms with Crippen LogP contribution in [-0.2, 0) is 4.74 Å². The van der Waals surface area contributed by atoms with Crippen molar-refractivity contribution in [1.82, 2.24) is 0 Å². The fraction of sp³-hybridized carbons (Fsp3) is 1.00. The van der Waals surface area contributed by atoms with Crippen LogP contribution in [0.25, 0.3) is 0 Å². The molecule has 8 heavy (non-hydrogen) atoms. The zero-order valence-electron chi connectivity index (χ0n) is 4.61. The predicted octanol–water partition coefficient (Wildman–Crippen LogP) is -1.35. The van der Waals surface area contributed by atoms with Crippen LogP contribution in [0.4, 0.5) is 0 Å². The molecule has 0 saturated heterocycles. The molecule has 4 nitrogen and oxygen atoms in total. The number of rotatable bonds is 3. The van der Waals surface area contributed by atoms with Crippen molar-refractivity contribution < 1.29 is 20.1 Å². The van der Waals surface area contributed by atoms with E-state index in [1.165, 1.54) is 6.92 Å². The SMILES string of the molecule is CC(CO)OC(O)O. The molecule has 0 rings (SSSR count). The summed E-state index contributed by atoms with van der Waals surface area (Å²) in [6, 6.07) is 0. The van der Waals surface area contributed by atoms with Crippen LogP contribution in [0.15, 0.2) is 0 Å². The Labute approximate surface area is 47.3 Å². The van der Waals surface area contributed by atoms with Crippen LogP contribution >= 0.6 is 0 Å². The van der Waals surface area contributed by atoms with E-state index in [1.54, 1.807) is 0 Å². The van der Waals surface area contributed by atoms with E-state index in [-0.39, 0.29) is 6.61 Å². The van der Waals surface area contributed by atoms with Crippen molar-refractivity contribution in [1.29, 1.82) is 0 Å². The van der Waals surface area contributed by atoms with Gasteiger partial charge in [-0.15, -0.1) is 0 Å². The fourth-order valence-electron chi connectivity index (χ4n) is 0.251. The molecule has 0 aromatic carbocycles. The largest absolute Gasteiger partial charge is 0.394 e. The van der Waals surface area contributed by atoms with Crippen LogP contribution in [0.2, 0.25) is 0 Å². The van der Waals surface area contributed by atoms with E-state index in [4.69, 9.17) is 15.3 Å². The third-order valence-electron chi connectivity index (χ3n) is 0.611. The molecule has 50 valence electrons. The molecule has 0 fully saturated rings. The normalized spacial score (nSPS) is 14.6. The van der Waals surface area contributed by atoms with Gasteiger partial charge in [0.1, 0.15) is 0 Å². The van der Waals surface area contributed by atoms with Crippen LogP contribution in [0, 0.1) is 0 Å². The van der Waals surface area contributed by atoms with Gasteiger partial charge >= 0.3 is 0 Å². The number of ether oxygens (including phenoxy) is 1. The highest BCUT2D eigenvalue weighted by atomic mass is 16.7. The Morgan fingerprint density at radius 1 is 1.50 bits per heavy atom. The number of aliphatic hydroxyl groups is 3. The molecular formula is C4H10O4. The molecule has 0 radical (unpaired) electrons. The third-order valence-corrected chi connectivity index (χ3v) is 0.611. The lowest BCUT2D eigenvalue weighted by atomic mass is 10.4. The first-order chi connectivity index (χ1) is 3.66. The van der Waals surface area contributed by atoms with Gasteiger partial charge in [-0.05, 0) is 6.92 Å². The third kappa shape index (κ3) is 4.01. The van der Waals surface area contributed by atoms with E-state index in [0.29, 0.717) is 0 Å². The molecule has 0 aliphatic rings. The van der Waals surface area contributed by atoms with E-state index >= 15 is 0 Å². The highest BCUT2D eigenvalue weighted by Crippen LogP contribution is 1.89. The van der Waals surface area contributed by atoms with Gasteiger partial charge in [0.25, 0.3) is 6.48 Å². The standard InChI is InChI=1S/C4H10O4/c1-3(2-5)8-4(6)7/h3-7H,2H2,1H3. The molecule has 0 aromatic rings. The topological polar surface area (TPSA) is 69.9 Å². The van der Waals surface area contributed by atoms with Crippen molar-refractivity contribution in [3.05, 3.63) is 0 Å². The van der Waals surface area contributed by atoms with Gasteiger partial charge in [-0.2, -0.15) is 0 Å². The zero-order chi connectivity index (χ0) is 6.57. The van der Waals surface area contributed by atoms with Crippen molar-refractivity contribution in [2.75, 3.05) is 6.61 Å². The van der Waals surface area contributed by atoms with Crippen LogP contribution in [0.5, 0.6) is 0 Å². The second-order valence-electron chi connectivity index (χ2n) is 1.46. The van der Waals surface area contributed by atoms with Gasteiger partial charge in [0, 0.05) is 0 Å². The van der Waals surface area contributed by atoms with E-state index in [2.05, 4.69) is 4.74 Å². The molecule has 0 heterocycles. The molecule has 0 spiro atoms. The van der Waals surface area contributed by atoms with Gasteiger partial charge in [0.15, 0.2) is 0 Å². The minimum absolute atomic E-state index is 0.211. The zero-order valence-corrected chi connectivity index (χ0v) is 4.61. The quantitative estimate of drug-likeness (QED) is 0.405. The van der Waals surface area contributed by atoms with Gasteiger partial charge < -0.3 is 20.1 Å². The van der Waals surface area contributed by atoms with Gasteiger partial charge in [-0.3, -0.25) is 0 Å². The molecule has 3 N–H and O–H groups in total. The number of hydrogen-bond donors (Lipinski definition) is 3. The summed E-state index contributed by atoms with van der Waals surface area (Å²) in [7, 11) is 0. The predicted molar refractivity (Wildman–Crippen MR) is 25.9 cm³/mol. The van der Waals surface area contributed by atoms with Crippen molar-refractivity contribution in [2.45, 2.75) is 19.5 Å². The smallest absolute Gasteiger partial charge is 0.266 e. The lowest BCUT2D eigenvalue weighted by Gasteiger charge is -2.09. The second-order valence-corrected chi connectivity index (χ2v) is 1.46. The summed E-state index contributed by atoms with van der Waals surface area (Å²) in [4.78, 5) is 0. The first-order valence-electron chi connectivity index (χ1n) is 2.29. The van der Waals surface area contributed by atoms with E-state index < -0.39 is 12.6 Å². The molecule has 0 aliphatic carbocycles. The molecule has 0 aromatic heterocycles. The molecule has 0 amide bonds. The van der Waals surface area contributed by atoms with Crippen LogP contribution in [-0.4, -0.2) is 34.5 Å². The van der Waals surface area contributed by atoms with Gasteiger partial charge in [0.05, 0.1) is 12.7 Å². The maximum absolute atomic E-state index is 8.24. The van der Waals surface area contributed by atoms with Crippen molar-refractivity contribution in [2.24, 2.45) is 0 Å². The molecule has 0 saturated carbocycles. The highest BCUT2D eigenvalue weighted by Gasteiger charge is 2.03. The van der Waals surface area contributed by atoms with Crippen molar-refractivity contribution in [3.8, 4) is 0 Å². The lowest BCUT2D eigenvalue weighted by molar-refractivity contribution is -0.257. The molecular weight excluding hydrogens is 112 g/mol. The summed E-state index contributed by atoms with van der Waals surface area (Å²) < 4.78 is 4.26. The summed E-state index contributed by atoms with van der Waals surface area (Å²) in [5, 5.41) is 24.4. The van der Waals surface area contributed by atoms with Gasteiger partial charge in [-0.1, -0.05) is 0 Å². The van der Waals surface area contributed by atoms with Crippen molar-refractivity contribution >= 4 is 0 Å². The monoisotopic (exact) mass is 122 g/mol. The maximum Gasteiger partial charge on any atom is 0.266 e.